The molecule has 0 aliphatic carbocycles. The minimum absolute atomic E-state index is 0.186. The number of fused-ring (bicyclic) bond motifs is 1. The van der Waals surface area contributed by atoms with Gasteiger partial charge in [-0.1, -0.05) is 63.6 Å². The van der Waals surface area contributed by atoms with E-state index >= 15 is 0 Å². The maximum atomic E-state index is 5.71. The Morgan fingerprint density at radius 2 is 1.62 bits per heavy atom. The van der Waals surface area contributed by atoms with Crippen LogP contribution >= 0.6 is 0 Å². The zero-order chi connectivity index (χ0) is 19.5. The SMILES string of the molecule is [B]Oc1c(C)c(C(C)(C)C/C=C(\C)CC(C)C)c(O[B])c2ccccc12. The second kappa shape index (κ2) is 8.24. The normalized spacial score (nSPS) is 12.7. The van der Waals surface area contributed by atoms with Gasteiger partial charge in [-0.25, -0.2) is 0 Å². The van der Waals surface area contributed by atoms with Crippen LogP contribution in [0, 0.1) is 12.8 Å². The smallest absolute Gasteiger partial charge is 0.374 e. The van der Waals surface area contributed by atoms with Gasteiger partial charge in [0.25, 0.3) is 0 Å². The Bertz CT molecular complexity index is 807. The fourth-order valence-electron chi connectivity index (χ4n) is 3.85. The fraction of sp³-hybridized carbons (Fsp3) is 0.455. The van der Waals surface area contributed by atoms with Crippen molar-refractivity contribution >= 4 is 26.9 Å². The molecule has 4 heteroatoms. The van der Waals surface area contributed by atoms with Crippen molar-refractivity contribution in [3.8, 4) is 11.5 Å². The molecule has 0 amide bonds. The molecule has 134 valence electrons. The summed E-state index contributed by atoms with van der Waals surface area (Å²) in [6, 6.07) is 7.87. The largest absolute Gasteiger partial charge is 0.567 e. The molecule has 0 spiro atoms. The highest BCUT2D eigenvalue weighted by molar-refractivity contribution is 6.07. The molecule has 0 fully saturated rings. The molecule has 26 heavy (non-hydrogen) atoms. The molecule has 0 N–H and O–H groups in total. The standard InChI is InChI=1S/C22H28B2O2/c1-14(2)13-15(3)11-12-22(5,6)19-16(4)20(25-23)17-9-7-8-10-18(17)21(19)26-24/h7-11,14H,12-13H2,1-6H3/b15-11+. The molecule has 0 saturated heterocycles. The Morgan fingerprint density at radius 1 is 1.08 bits per heavy atom. The lowest BCUT2D eigenvalue weighted by Gasteiger charge is -2.31. The van der Waals surface area contributed by atoms with Gasteiger partial charge < -0.3 is 9.31 Å². The van der Waals surface area contributed by atoms with E-state index in [1.807, 2.05) is 31.2 Å². The zero-order valence-corrected chi connectivity index (χ0v) is 16.8. The lowest BCUT2D eigenvalue weighted by atomic mass is 9.76. The van der Waals surface area contributed by atoms with Gasteiger partial charge in [0.05, 0.1) is 0 Å². The summed E-state index contributed by atoms with van der Waals surface area (Å²) in [5.74, 6) is 2.02. The van der Waals surface area contributed by atoms with E-state index < -0.39 is 0 Å². The summed E-state index contributed by atoms with van der Waals surface area (Å²) < 4.78 is 10.6. The van der Waals surface area contributed by atoms with Gasteiger partial charge >= 0.3 is 16.1 Å². The van der Waals surface area contributed by atoms with Gasteiger partial charge in [-0.05, 0) is 43.6 Å². The van der Waals surface area contributed by atoms with Gasteiger partial charge in [0, 0.05) is 16.3 Å². The number of allylic oxidation sites excluding steroid dienone is 2. The zero-order valence-electron chi connectivity index (χ0n) is 16.8. The van der Waals surface area contributed by atoms with Crippen LogP contribution < -0.4 is 9.31 Å². The maximum absolute atomic E-state index is 5.71. The molecule has 0 aliphatic rings. The van der Waals surface area contributed by atoms with Crippen molar-refractivity contribution in [3.05, 3.63) is 47.0 Å². The van der Waals surface area contributed by atoms with Crippen molar-refractivity contribution in [1.29, 1.82) is 0 Å². The molecule has 0 aliphatic heterocycles. The van der Waals surface area contributed by atoms with Crippen molar-refractivity contribution in [3.63, 3.8) is 0 Å². The van der Waals surface area contributed by atoms with E-state index in [-0.39, 0.29) is 5.41 Å². The summed E-state index contributed by atoms with van der Waals surface area (Å²) in [5, 5.41) is 1.81. The van der Waals surface area contributed by atoms with Crippen LogP contribution in [-0.4, -0.2) is 16.1 Å². The third-order valence-corrected chi connectivity index (χ3v) is 4.96. The van der Waals surface area contributed by atoms with Crippen molar-refractivity contribution in [1.82, 2.24) is 0 Å². The highest BCUT2D eigenvalue weighted by atomic mass is 16.4. The number of rotatable bonds is 7. The first-order valence-electron chi connectivity index (χ1n) is 9.17. The van der Waals surface area contributed by atoms with Crippen LogP contribution in [0.5, 0.6) is 11.5 Å². The van der Waals surface area contributed by atoms with Crippen LogP contribution in [0.4, 0.5) is 0 Å². The predicted molar refractivity (Wildman–Crippen MR) is 112 cm³/mol. The summed E-state index contributed by atoms with van der Waals surface area (Å²) in [6.07, 6.45) is 4.30. The Balaban J connectivity index is 2.62. The molecule has 0 saturated carbocycles. The Hall–Kier alpha value is -1.83. The lowest BCUT2D eigenvalue weighted by molar-refractivity contribution is 0.493. The summed E-state index contributed by atoms with van der Waals surface area (Å²) >= 11 is 0. The average molecular weight is 346 g/mol. The van der Waals surface area contributed by atoms with Crippen molar-refractivity contribution < 1.29 is 9.31 Å². The first kappa shape index (κ1) is 20.5. The van der Waals surface area contributed by atoms with Crippen molar-refractivity contribution in [2.24, 2.45) is 5.92 Å². The molecule has 2 nitrogen and oxygen atoms in total. The predicted octanol–water partition coefficient (Wildman–Crippen LogP) is 5.73. The molecule has 0 aromatic heterocycles. The average Bonchev–Trinajstić information content (AvgIpc) is 2.58. The van der Waals surface area contributed by atoms with Gasteiger partial charge in [0.2, 0.25) is 0 Å². The third kappa shape index (κ3) is 4.11. The Labute approximate surface area is 160 Å². The molecule has 2 aromatic rings. The molecule has 2 rings (SSSR count). The summed E-state index contributed by atoms with van der Waals surface area (Å²) in [5.41, 5.74) is 3.21. The van der Waals surface area contributed by atoms with Crippen molar-refractivity contribution in [2.75, 3.05) is 0 Å². The van der Waals surface area contributed by atoms with Crippen LogP contribution in [0.15, 0.2) is 35.9 Å². The summed E-state index contributed by atoms with van der Waals surface area (Å²) in [6.45, 7) is 13.1. The van der Waals surface area contributed by atoms with Gasteiger partial charge in [0.15, 0.2) is 0 Å². The van der Waals surface area contributed by atoms with Crippen LogP contribution in [0.1, 0.15) is 58.6 Å². The number of hydrogen-bond acceptors (Lipinski definition) is 2. The molecule has 2 aromatic carbocycles. The minimum Gasteiger partial charge on any atom is -0.567 e. The summed E-state index contributed by atoms with van der Waals surface area (Å²) in [7, 11) is 11.3. The van der Waals surface area contributed by atoms with Crippen LogP contribution in [0.25, 0.3) is 10.8 Å². The molecule has 0 bridgehead atoms. The quantitative estimate of drug-likeness (QED) is 0.471. The van der Waals surface area contributed by atoms with Crippen LogP contribution in [-0.2, 0) is 5.41 Å². The van der Waals surface area contributed by atoms with Crippen molar-refractivity contribution in [2.45, 2.75) is 59.8 Å². The van der Waals surface area contributed by atoms with E-state index in [0.29, 0.717) is 17.4 Å². The third-order valence-electron chi connectivity index (χ3n) is 4.96. The second-order valence-electron chi connectivity index (χ2n) is 8.18. The first-order chi connectivity index (χ1) is 12.2. The molecular weight excluding hydrogens is 318 g/mol. The van der Waals surface area contributed by atoms with E-state index in [0.717, 1.165) is 34.7 Å². The lowest BCUT2D eigenvalue weighted by Crippen LogP contribution is -2.20. The van der Waals surface area contributed by atoms with E-state index in [1.54, 1.807) is 0 Å². The fourth-order valence-corrected chi connectivity index (χ4v) is 3.85. The minimum atomic E-state index is -0.186. The van der Waals surface area contributed by atoms with Crippen LogP contribution in [0.3, 0.4) is 0 Å². The monoisotopic (exact) mass is 346 g/mol. The van der Waals surface area contributed by atoms with E-state index in [9.17, 15) is 0 Å². The Morgan fingerprint density at radius 3 is 2.12 bits per heavy atom. The number of benzene rings is 2. The molecule has 4 radical (unpaired) electrons. The van der Waals surface area contributed by atoms with Gasteiger partial charge in [-0.3, -0.25) is 0 Å². The second-order valence-corrected chi connectivity index (χ2v) is 8.18. The molecule has 0 heterocycles. The van der Waals surface area contributed by atoms with Gasteiger partial charge in [-0.15, -0.1) is 0 Å². The first-order valence-corrected chi connectivity index (χ1v) is 9.17. The van der Waals surface area contributed by atoms with E-state index in [1.165, 1.54) is 5.57 Å². The maximum Gasteiger partial charge on any atom is 0.374 e. The Kier molecular flexibility index (Phi) is 6.49. The molecular formula is C22H28B2O2. The van der Waals surface area contributed by atoms with E-state index in [4.69, 9.17) is 25.4 Å². The van der Waals surface area contributed by atoms with Gasteiger partial charge in [-0.2, -0.15) is 0 Å². The topological polar surface area (TPSA) is 18.5 Å². The number of hydrogen-bond donors (Lipinski definition) is 0. The summed E-state index contributed by atoms with van der Waals surface area (Å²) in [4.78, 5) is 0. The van der Waals surface area contributed by atoms with Crippen LogP contribution in [0.2, 0.25) is 0 Å². The van der Waals surface area contributed by atoms with E-state index in [2.05, 4.69) is 40.7 Å². The highest BCUT2D eigenvalue weighted by Gasteiger charge is 2.29. The molecule has 0 atom stereocenters. The highest BCUT2D eigenvalue weighted by Crippen LogP contribution is 2.46. The van der Waals surface area contributed by atoms with Gasteiger partial charge in [0.1, 0.15) is 11.5 Å². The molecule has 0 unspecified atom stereocenters.